The predicted molar refractivity (Wildman–Crippen MR) is 180 cm³/mol. The van der Waals surface area contributed by atoms with Crippen LogP contribution < -0.4 is 26.2 Å². The van der Waals surface area contributed by atoms with Gasteiger partial charge in [-0.05, 0) is 64.9 Å². The third-order valence-electron chi connectivity index (χ3n) is 9.24. The van der Waals surface area contributed by atoms with Gasteiger partial charge in [0.1, 0.15) is 0 Å². The molecule has 0 atom stereocenters. The first-order chi connectivity index (χ1) is 21.4. The zero-order valence-corrected chi connectivity index (χ0v) is 23.1. The molecule has 0 aliphatic carbocycles. The van der Waals surface area contributed by atoms with E-state index in [1.165, 1.54) is 44.5 Å². The Morgan fingerprint density at radius 2 is 0.907 bits per heavy atom. The zero-order valence-electron chi connectivity index (χ0n) is 23.1. The Balaban J connectivity index is 1.48. The number of anilines is 6. The highest BCUT2D eigenvalue weighted by molar-refractivity contribution is 7.01. The van der Waals surface area contributed by atoms with Gasteiger partial charge in [0.05, 0.1) is 22.4 Å². The first kappa shape index (κ1) is 22.9. The lowest BCUT2D eigenvalue weighted by Crippen LogP contribution is -2.61. The highest BCUT2D eigenvalue weighted by atomic mass is 15.2. The van der Waals surface area contributed by atoms with E-state index in [2.05, 4.69) is 150 Å². The van der Waals surface area contributed by atoms with Gasteiger partial charge in [-0.3, -0.25) is 9.97 Å². The minimum atomic E-state index is 0.0549. The maximum absolute atomic E-state index is 5.04. The summed E-state index contributed by atoms with van der Waals surface area (Å²) in [6, 6.07) is 45.6. The van der Waals surface area contributed by atoms with Gasteiger partial charge in [-0.1, -0.05) is 78.9 Å². The minimum absolute atomic E-state index is 0.0549. The third-order valence-corrected chi connectivity index (χ3v) is 9.24. The van der Waals surface area contributed by atoms with Crippen molar-refractivity contribution in [3.05, 3.63) is 140 Å². The van der Waals surface area contributed by atoms with E-state index in [9.17, 15) is 0 Å². The van der Waals surface area contributed by atoms with Crippen LogP contribution in [0.15, 0.2) is 140 Å². The van der Waals surface area contributed by atoms with Gasteiger partial charge >= 0.3 is 0 Å². The van der Waals surface area contributed by atoms with Crippen LogP contribution in [0.1, 0.15) is 0 Å². The topological polar surface area (TPSA) is 32.3 Å². The Bertz CT molecular complexity index is 2210. The third kappa shape index (κ3) is 2.96. The van der Waals surface area contributed by atoms with Crippen molar-refractivity contribution in [2.45, 2.75) is 0 Å². The van der Waals surface area contributed by atoms with Gasteiger partial charge < -0.3 is 9.80 Å². The van der Waals surface area contributed by atoms with Crippen LogP contribution in [-0.2, 0) is 0 Å². The van der Waals surface area contributed by atoms with Crippen molar-refractivity contribution in [1.82, 2.24) is 9.97 Å². The molecule has 2 aliphatic heterocycles. The van der Waals surface area contributed by atoms with E-state index in [0.717, 1.165) is 38.6 Å². The van der Waals surface area contributed by atoms with Crippen LogP contribution >= 0.6 is 0 Å². The summed E-state index contributed by atoms with van der Waals surface area (Å²) in [5, 5.41) is 4.63. The molecule has 10 rings (SSSR count). The fourth-order valence-corrected chi connectivity index (χ4v) is 7.61. The molecule has 43 heavy (non-hydrogen) atoms. The number of aromatic nitrogens is 2. The average molecular weight is 546 g/mol. The molecule has 2 aliphatic rings. The lowest BCUT2D eigenvalue weighted by molar-refractivity contribution is 1.27. The molecule has 0 fully saturated rings. The zero-order chi connectivity index (χ0) is 28.1. The normalized spacial score (nSPS) is 13.4. The number of benzene rings is 6. The quantitative estimate of drug-likeness (QED) is 0.167. The number of para-hydroxylation sites is 4. The molecule has 4 nitrogen and oxygen atoms in total. The first-order valence-electron chi connectivity index (χ1n) is 14.7. The molecule has 2 aromatic heterocycles. The molecule has 0 amide bonds. The standard InChI is InChI=1S/C38H23BN4/c1-3-12-24(13-4-1)42-32-20-9-7-16-28(32)39-29-17-8-10-21-33(29)43(25-14-5-2-6-15-25)38-27-23-41-31-19-11-18-30-35(31)34(27)26(22-40-30)37(42)36(38)39/h1-23H. The van der Waals surface area contributed by atoms with E-state index in [4.69, 9.17) is 9.97 Å². The Kier molecular flexibility index (Phi) is 4.50. The monoisotopic (exact) mass is 546 g/mol. The second-order valence-corrected chi connectivity index (χ2v) is 11.4. The van der Waals surface area contributed by atoms with Crippen molar-refractivity contribution in [2.75, 3.05) is 9.80 Å². The minimum Gasteiger partial charge on any atom is -0.311 e. The van der Waals surface area contributed by atoms with Crippen molar-refractivity contribution < 1.29 is 0 Å². The van der Waals surface area contributed by atoms with Gasteiger partial charge in [0.2, 0.25) is 0 Å². The average Bonchev–Trinajstić information content (AvgIpc) is 3.08. The molecule has 0 spiro atoms. The SMILES string of the molecule is c1ccc(N2c3ccccc3B3c4ccccc4N(c4ccccc4)c4c3c2c2cnc3cccc5ncc4c2c35)cc1. The Morgan fingerprint density at radius 3 is 1.42 bits per heavy atom. The summed E-state index contributed by atoms with van der Waals surface area (Å²) >= 11 is 0. The Hall–Kier alpha value is -5.68. The molecule has 0 bridgehead atoms. The van der Waals surface area contributed by atoms with Crippen molar-refractivity contribution in [1.29, 1.82) is 0 Å². The summed E-state index contributed by atoms with van der Waals surface area (Å²) < 4.78 is 0. The molecule has 6 aromatic carbocycles. The lowest BCUT2D eigenvalue weighted by atomic mass is 9.33. The smallest absolute Gasteiger partial charge is 0.252 e. The molecule has 4 heterocycles. The molecule has 8 aromatic rings. The molecular weight excluding hydrogens is 523 g/mol. The summed E-state index contributed by atoms with van der Waals surface area (Å²) in [5.41, 5.74) is 12.9. The molecule has 0 unspecified atom stereocenters. The molecule has 0 saturated carbocycles. The lowest BCUT2D eigenvalue weighted by Gasteiger charge is -2.45. The van der Waals surface area contributed by atoms with Gasteiger partial charge in [-0.2, -0.15) is 0 Å². The van der Waals surface area contributed by atoms with Crippen LogP contribution in [0.2, 0.25) is 0 Å². The number of pyridine rings is 2. The van der Waals surface area contributed by atoms with E-state index < -0.39 is 0 Å². The van der Waals surface area contributed by atoms with Crippen LogP contribution in [-0.4, -0.2) is 16.7 Å². The number of rotatable bonds is 2. The molecular formula is C38H23BN4. The fourth-order valence-electron chi connectivity index (χ4n) is 7.61. The van der Waals surface area contributed by atoms with Crippen LogP contribution in [0, 0.1) is 0 Å². The Labute approximate surface area is 248 Å². The van der Waals surface area contributed by atoms with E-state index >= 15 is 0 Å². The largest absolute Gasteiger partial charge is 0.311 e. The Morgan fingerprint density at radius 1 is 0.442 bits per heavy atom. The van der Waals surface area contributed by atoms with Gasteiger partial charge in [0.15, 0.2) is 0 Å². The summed E-state index contributed by atoms with van der Waals surface area (Å²) in [5.74, 6) is 0. The van der Waals surface area contributed by atoms with Crippen molar-refractivity contribution >= 4 is 89.8 Å². The fraction of sp³-hybridized carbons (Fsp3) is 0. The van der Waals surface area contributed by atoms with Crippen molar-refractivity contribution in [3.63, 3.8) is 0 Å². The van der Waals surface area contributed by atoms with E-state index in [-0.39, 0.29) is 6.71 Å². The van der Waals surface area contributed by atoms with E-state index in [1.54, 1.807) is 0 Å². The number of fused-ring (bicyclic) bond motifs is 6. The molecule has 0 radical (unpaired) electrons. The van der Waals surface area contributed by atoms with Crippen LogP contribution in [0.25, 0.3) is 32.6 Å². The molecule has 0 N–H and O–H groups in total. The van der Waals surface area contributed by atoms with E-state index in [1.807, 2.05) is 0 Å². The maximum Gasteiger partial charge on any atom is 0.252 e. The summed E-state index contributed by atoms with van der Waals surface area (Å²) in [6.07, 6.45) is 4.18. The molecule has 0 saturated heterocycles. The van der Waals surface area contributed by atoms with E-state index in [0.29, 0.717) is 0 Å². The number of hydrogen-bond donors (Lipinski definition) is 0. The summed E-state index contributed by atoms with van der Waals surface area (Å²) in [4.78, 5) is 15.0. The van der Waals surface area contributed by atoms with Gasteiger partial charge in [0, 0.05) is 56.7 Å². The summed E-state index contributed by atoms with van der Waals surface area (Å²) in [6.45, 7) is 0.0549. The van der Waals surface area contributed by atoms with Gasteiger partial charge in [0.25, 0.3) is 6.71 Å². The molecule has 5 heteroatoms. The highest BCUT2D eigenvalue weighted by Gasteiger charge is 2.45. The van der Waals surface area contributed by atoms with Crippen LogP contribution in [0.5, 0.6) is 0 Å². The van der Waals surface area contributed by atoms with Crippen LogP contribution in [0.3, 0.4) is 0 Å². The highest BCUT2D eigenvalue weighted by Crippen LogP contribution is 2.50. The second kappa shape index (κ2) is 8.43. The van der Waals surface area contributed by atoms with Crippen LogP contribution in [0.4, 0.5) is 34.1 Å². The number of hydrogen-bond acceptors (Lipinski definition) is 4. The number of nitrogens with zero attached hydrogens (tertiary/aromatic N) is 4. The predicted octanol–water partition coefficient (Wildman–Crippen LogP) is 7.46. The molecule has 198 valence electrons. The van der Waals surface area contributed by atoms with Crippen molar-refractivity contribution in [3.8, 4) is 0 Å². The van der Waals surface area contributed by atoms with Gasteiger partial charge in [-0.15, -0.1) is 0 Å². The summed E-state index contributed by atoms with van der Waals surface area (Å²) in [7, 11) is 0. The maximum atomic E-state index is 5.04. The van der Waals surface area contributed by atoms with Gasteiger partial charge in [-0.25, -0.2) is 0 Å². The second-order valence-electron chi connectivity index (χ2n) is 11.4. The van der Waals surface area contributed by atoms with Crippen molar-refractivity contribution in [2.24, 2.45) is 0 Å². The first-order valence-corrected chi connectivity index (χ1v) is 14.7.